The van der Waals surface area contributed by atoms with Gasteiger partial charge in [-0.05, 0) is 6.42 Å². The van der Waals surface area contributed by atoms with E-state index < -0.39 is 0 Å². The Kier molecular flexibility index (Phi) is 2.13. The summed E-state index contributed by atoms with van der Waals surface area (Å²) in [6, 6.07) is 6.61. The van der Waals surface area contributed by atoms with Crippen LogP contribution in [0.15, 0.2) is 46.9 Å². The summed E-state index contributed by atoms with van der Waals surface area (Å²) in [7, 11) is 0. The molecule has 0 saturated carbocycles. The number of benzene rings is 1. The van der Waals surface area contributed by atoms with E-state index in [0.29, 0.717) is 29.7 Å². The second-order valence-electron chi connectivity index (χ2n) is 4.43. The van der Waals surface area contributed by atoms with Crippen LogP contribution in [0.5, 0.6) is 0 Å². The zero-order valence-corrected chi connectivity index (χ0v) is 9.56. The summed E-state index contributed by atoms with van der Waals surface area (Å²) in [5.41, 5.74) is 7.17. The number of aliphatic hydroxyl groups is 1. The maximum Gasteiger partial charge on any atom is 0.197 e. The first kappa shape index (κ1) is 10.8. The Morgan fingerprint density at radius 2 is 1.50 bits per heavy atom. The number of hydrogen-bond acceptors (Lipinski definition) is 4. The fraction of sp³-hybridized carbons (Fsp3) is 0.143. The highest BCUT2D eigenvalue weighted by atomic mass is 16.3. The van der Waals surface area contributed by atoms with Gasteiger partial charge in [0.05, 0.1) is 11.1 Å². The lowest BCUT2D eigenvalue weighted by atomic mass is 9.77. The second-order valence-corrected chi connectivity index (χ2v) is 4.43. The molecule has 3 rings (SSSR count). The molecule has 0 amide bonds. The van der Waals surface area contributed by atoms with Crippen molar-refractivity contribution in [2.45, 2.75) is 12.8 Å². The minimum atomic E-state index is -0.319. The Labute approximate surface area is 103 Å². The van der Waals surface area contributed by atoms with Crippen LogP contribution in [-0.4, -0.2) is 16.7 Å². The molecule has 1 aromatic rings. The SMILES string of the molecule is NC1=C2C(=O)c3ccccc3C(=O)C2=C(O)CC1. The Hall–Kier alpha value is -2.36. The van der Waals surface area contributed by atoms with Gasteiger partial charge < -0.3 is 10.8 Å². The minimum absolute atomic E-state index is 0.0351. The summed E-state index contributed by atoms with van der Waals surface area (Å²) in [6.07, 6.45) is 0.720. The highest BCUT2D eigenvalue weighted by Gasteiger charge is 2.37. The predicted octanol–water partition coefficient (Wildman–Crippen LogP) is 1.88. The maximum atomic E-state index is 12.3. The topological polar surface area (TPSA) is 80.4 Å². The van der Waals surface area contributed by atoms with E-state index in [4.69, 9.17) is 5.73 Å². The molecule has 0 bridgehead atoms. The van der Waals surface area contributed by atoms with Crippen LogP contribution in [0.4, 0.5) is 0 Å². The molecule has 4 heteroatoms. The van der Waals surface area contributed by atoms with Crippen LogP contribution in [0.1, 0.15) is 33.6 Å². The molecule has 1 aromatic carbocycles. The third-order valence-corrected chi connectivity index (χ3v) is 3.36. The van der Waals surface area contributed by atoms with Gasteiger partial charge in [0.15, 0.2) is 11.6 Å². The molecule has 2 aliphatic rings. The molecule has 90 valence electrons. The summed E-state index contributed by atoms with van der Waals surface area (Å²) in [5, 5.41) is 9.85. The number of carbonyl (C=O) groups is 2. The van der Waals surface area contributed by atoms with E-state index >= 15 is 0 Å². The van der Waals surface area contributed by atoms with Gasteiger partial charge in [0.2, 0.25) is 0 Å². The van der Waals surface area contributed by atoms with Crippen molar-refractivity contribution < 1.29 is 14.7 Å². The van der Waals surface area contributed by atoms with Crippen LogP contribution in [0, 0.1) is 0 Å². The average Bonchev–Trinajstić information content (AvgIpc) is 2.38. The number of hydrogen-bond donors (Lipinski definition) is 2. The van der Waals surface area contributed by atoms with Gasteiger partial charge in [0, 0.05) is 23.2 Å². The van der Waals surface area contributed by atoms with E-state index in [1.54, 1.807) is 24.3 Å². The molecule has 2 aliphatic carbocycles. The Balaban J connectivity index is 2.36. The van der Waals surface area contributed by atoms with Gasteiger partial charge in [-0.3, -0.25) is 9.59 Å². The molecular formula is C14H11NO3. The number of aliphatic hydroxyl groups excluding tert-OH is 1. The van der Waals surface area contributed by atoms with Crippen molar-refractivity contribution in [1.82, 2.24) is 0 Å². The van der Waals surface area contributed by atoms with E-state index in [1.165, 1.54) is 0 Å². The van der Waals surface area contributed by atoms with Crippen molar-refractivity contribution in [3.05, 3.63) is 58.0 Å². The first-order valence-corrected chi connectivity index (χ1v) is 5.70. The lowest BCUT2D eigenvalue weighted by Crippen LogP contribution is -2.29. The molecule has 0 radical (unpaired) electrons. The highest BCUT2D eigenvalue weighted by molar-refractivity contribution is 6.31. The van der Waals surface area contributed by atoms with E-state index in [0.717, 1.165) is 0 Å². The summed E-state index contributed by atoms with van der Waals surface area (Å²) in [5.74, 6) is -0.628. The number of ketones is 2. The largest absolute Gasteiger partial charge is 0.512 e. The van der Waals surface area contributed by atoms with E-state index in [2.05, 4.69) is 0 Å². The molecule has 3 N–H and O–H groups in total. The normalized spacial score (nSPS) is 18.9. The summed E-state index contributed by atoms with van der Waals surface area (Å²) in [4.78, 5) is 24.6. The molecule has 0 aliphatic heterocycles. The molecule has 4 nitrogen and oxygen atoms in total. The van der Waals surface area contributed by atoms with Crippen LogP contribution < -0.4 is 5.73 Å². The smallest absolute Gasteiger partial charge is 0.197 e. The van der Waals surface area contributed by atoms with Crippen LogP contribution in [-0.2, 0) is 0 Å². The molecule has 0 heterocycles. The molecule has 0 unspecified atom stereocenters. The lowest BCUT2D eigenvalue weighted by molar-refractivity contribution is 0.0964. The van der Waals surface area contributed by atoms with Gasteiger partial charge in [0.25, 0.3) is 0 Å². The highest BCUT2D eigenvalue weighted by Crippen LogP contribution is 2.36. The van der Waals surface area contributed by atoms with Crippen LogP contribution in [0.25, 0.3) is 0 Å². The first-order chi connectivity index (χ1) is 8.61. The number of fused-ring (bicyclic) bond motifs is 2. The fourth-order valence-corrected chi connectivity index (χ4v) is 2.46. The predicted molar refractivity (Wildman–Crippen MR) is 65.2 cm³/mol. The zero-order chi connectivity index (χ0) is 12.9. The van der Waals surface area contributed by atoms with Gasteiger partial charge in [-0.15, -0.1) is 0 Å². The second kappa shape index (κ2) is 3.57. The van der Waals surface area contributed by atoms with Crippen molar-refractivity contribution in [1.29, 1.82) is 0 Å². The van der Waals surface area contributed by atoms with E-state index in [-0.39, 0.29) is 28.5 Å². The van der Waals surface area contributed by atoms with Gasteiger partial charge in [-0.1, -0.05) is 24.3 Å². The Morgan fingerprint density at radius 3 is 2.11 bits per heavy atom. The Bertz CT molecular complexity index is 596. The summed E-state index contributed by atoms with van der Waals surface area (Å²) in [6.45, 7) is 0. The van der Waals surface area contributed by atoms with Crippen LogP contribution >= 0.6 is 0 Å². The third-order valence-electron chi connectivity index (χ3n) is 3.36. The zero-order valence-electron chi connectivity index (χ0n) is 9.56. The van der Waals surface area contributed by atoms with Crippen molar-refractivity contribution in [3.8, 4) is 0 Å². The summed E-state index contributed by atoms with van der Waals surface area (Å²) >= 11 is 0. The van der Waals surface area contributed by atoms with Gasteiger partial charge in [-0.25, -0.2) is 0 Å². The van der Waals surface area contributed by atoms with Crippen molar-refractivity contribution in [2.75, 3.05) is 0 Å². The van der Waals surface area contributed by atoms with Gasteiger partial charge in [0.1, 0.15) is 5.76 Å². The van der Waals surface area contributed by atoms with Crippen molar-refractivity contribution in [3.63, 3.8) is 0 Å². The van der Waals surface area contributed by atoms with Gasteiger partial charge in [-0.2, -0.15) is 0 Å². The monoisotopic (exact) mass is 241 g/mol. The number of nitrogens with two attached hydrogens (primary N) is 1. The molecule has 0 fully saturated rings. The molecule has 0 saturated heterocycles. The van der Waals surface area contributed by atoms with Crippen LogP contribution in [0.3, 0.4) is 0 Å². The van der Waals surface area contributed by atoms with E-state index in [1.807, 2.05) is 0 Å². The number of allylic oxidation sites excluding steroid dienone is 4. The first-order valence-electron chi connectivity index (χ1n) is 5.70. The molecule has 18 heavy (non-hydrogen) atoms. The standard InChI is InChI=1S/C14H11NO3/c15-9-5-6-10(16)12-11(9)13(17)7-3-1-2-4-8(7)14(12)18/h1-4,16H,5-6,15H2. The third kappa shape index (κ3) is 1.26. The molecule has 0 spiro atoms. The van der Waals surface area contributed by atoms with E-state index in [9.17, 15) is 14.7 Å². The molecular weight excluding hydrogens is 230 g/mol. The van der Waals surface area contributed by atoms with Crippen molar-refractivity contribution >= 4 is 11.6 Å². The molecule has 0 aromatic heterocycles. The summed E-state index contributed by atoms with van der Waals surface area (Å²) < 4.78 is 0. The number of Topliss-reactive ketones (excluding diaryl/α,β-unsaturated/α-hetero) is 2. The minimum Gasteiger partial charge on any atom is -0.512 e. The van der Waals surface area contributed by atoms with Gasteiger partial charge >= 0.3 is 0 Å². The fourth-order valence-electron chi connectivity index (χ4n) is 2.46. The molecule has 0 atom stereocenters. The Morgan fingerprint density at radius 1 is 0.944 bits per heavy atom. The average molecular weight is 241 g/mol. The number of carbonyl (C=O) groups excluding carboxylic acids is 2. The lowest BCUT2D eigenvalue weighted by Gasteiger charge is -2.25. The maximum absolute atomic E-state index is 12.3. The number of rotatable bonds is 0. The van der Waals surface area contributed by atoms with Crippen LogP contribution in [0.2, 0.25) is 0 Å². The quantitative estimate of drug-likeness (QED) is 0.726. The van der Waals surface area contributed by atoms with Crippen molar-refractivity contribution in [2.24, 2.45) is 5.73 Å².